The summed E-state index contributed by atoms with van der Waals surface area (Å²) in [6, 6.07) is 9.23. The second-order valence-electron chi connectivity index (χ2n) is 6.11. The van der Waals surface area contributed by atoms with Gasteiger partial charge in [-0.15, -0.1) is 0 Å². The van der Waals surface area contributed by atoms with Gasteiger partial charge in [0.2, 0.25) is 5.95 Å². The number of ether oxygens (including phenoxy) is 1. The molecule has 8 nitrogen and oxygen atoms in total. The second-order valence-corrected chi connectivity index (χ2v) is 7.05. The number of aromatic nitrogens is 3. The molecule has 0 bridgehead atoms. The van der Waals surface area contributed by atoms with Crippen LogP contribution < -0.4 is 10.6 Å². The zero-order chi connectivity index (χ0) is 21.7. The molecule has 0 aliphatic carbocycles. The van der Waals surface area contributed by atoms with Crippen LogP contribution in [0.25, 0.3) is 22.3 Å². The van der Waals surface area contributed by atoms with Crippen molar-refractivity contribution >= 4 is 33.9 Å². The Balaban J connectivity index is 2.04. The maximum atomic E-state index is 12.7. The van der Waals surface area contributed by atoms with E-state index < -0.39 is 23.8 Å². The number of fused-ring (bicyclic) bond motifs is 1. The van der Waals surface area contributed by atoms with Crippen LogP contribution in [0.4, 0.5) is 24.9 Å². The molecule has 0 aliphatic heterocycles. The highest BCUT2D eigenvalue weighted by Gasteiger charge is 2.27. The van der Waals surface area contributed by atoms with Crippen LogP contribution in [0.1, 0.15) is 0 Å². The standard InChI is InChI=1S/C18H18F3N5O3S/c1-29-8-7-22-17-25-14-6-5-13(11-3-2-4-12(9-11)30(27)28)24-15(14)16(26-17)23-10-18(19,20)21/h2-6,9H,7-8,10H2,1H3,(H,27,28)(H2,22,23,25,26)/p-1. The monoisotopic (exact) mass is 440 g/mol. The molecular weight excluding hydrogens is 423 g/mol. The first kappa shape index (κ1) is 21.9. The molecule has 0 radical (unpaired) electrons. The lowest BCUT2D eigenvalue weighted by Crippen LogP contribution is -2.22. The fourth-order valence-corrected chi connectivity index (χ4v) is 3.00. The van der Waals surface area contributed by atoms with E-state index in [9.17, 15) is 21.9 Å². The molecule has 1 unspecified atom stereocenters. The number of pyridine rings is 1. The first-order chi connectivity index (χ1) is 14.3. The van der Waals surface area contributed by atoms with Gasteiger partial charge in [0.05, 0.1) is 17.8 Å². The van der Waals surface area contributed by atoms with E-state index in [4.69, 9.17) is 4.74 Å². The maximum absolute atomic E-state index is 12.7. The van der Waals surface area contributed by atoms with Crippen molar-refractivity contribution in [2.75, 3.05) is 37.4 Å². The number of benzene rings is 1. The summed E-state index contributed by atoms with van der Waals surface area (Å²) >= 11 is -2.42. The van der Waals surface area contributed by atoms with Crippen LogP contribution in [0.3, 0.4) is 0 Å². The Hall–Kier alpha value is -2.83. The number of methoxy groups -OCH3 is 1. The summed E-state index contributed by atoms with van der Waals surface area (Å²) in [6.45, 7) is -0.570. The van der Waals surface area contributed by atoms with Gasteiger partial charge in [-0.25, -0.2) is 9.97 Å². The highest BCUT2D eigenvalue weighted by molar-refractivity contribution is 7.79. The highest BCUT2D eigenvalue weighted by Crippen LogP contribution is 2.27. The van der Waals surface area contributed by atoms with Crippen molar-refractivity contribution in [3.05, 3.63) is 36.4 Å². The number of alkyl halides is 3. The van der Waals surface area contributed by atoms with E-state index in [2.05, 4.69) is 25.6 Å². The van der Waals surface area contributed by atoms with E-state index >= 15 is 0 Å². The van der Waals surface area contributed by atoms with Gasteiger partial charge in [-0.05, 0) is 35.3 Å². The lowest BCUT2D eigenvalue weighted by atomic mass is 10.1. The third-order valence-corrected chi connectivity index (χ3v) is 4.55. The van der Waals surface area contributed by atoms with Crippen molar-refractivity contribution < 1.29 is 26.7 Å². The van der Waals surface area contributed by atoms with E-state index in [0.717, 1.165) is 0 Å². The van der Waals surface area contributed by atoms with E-state index in [1.54, 1.807) is 24.3 Å². The number of nitrogens with zero attached hydrogens (tertiary/aromatic N) is 3. The Morgan fingerprint density at radius 3 is 2.63 bits per heavy atom. The molecule has 0 saturated heterocycles. The predicted molar refractivity (Wildman–Crippen MR) is 105 cm³/mol. The average molecular weight is 440 g/mol. The molecule has 160 valence electrons. The number of halogens is 3. The summed E-state index contributed by atoms with van der Waals surface area (Å²) in [4.78, 5) is 12.8. The fraction of sp³-hybridized carbons (Fsp3) is 0.278. The molecular formula is C18H17F3N5O3S-. The summed E-state index contributed by atoms with van der Waals surface area (Å²) < 4.78 is 65.5. The molecule has 2 heterocycles. The van der Waals surface area contributed by atoms with Crippen molar-refractivity contribution in [3.63, 3.8) is 0 Å². The molecule has 2 N–H and O–H groups in total. The Labute approximate surface area is 172 Å². The SMILES string of the molecule is COCCNc1nc(NCC(F)(F)F)c2nc(-c3cccc(S(=O)[O-])c3)ccc2n1. The summed E-state index contributed by atoms with van der Waals surface area (Å²) in [6.07, 6.45) is -4.45. The van der Waals surface area contributed by atoms with Crippen LogP contribution in [0, 0.1) is 0 Å². The lowest BCUT2D eigenvalue weighted by molar-refractivity contribution is -0.115. The Morgan fingerprint density at radius 2 is 1.93 bits per heavy atom. The molecule has 3 rings (SSSR count). The van der Waals surface area contributed by atoms with Gasteiger partial charge in [-0.3, -0.25) is 4.21 Å². The molecule has 0 fully saturated rings. The molecule has 12 heteroatoms. The van der Waals surface area contributed by atoms with Crippen molar-refractivity contribution in [3.8, 4) is 11.3 Å². The molecule has 0 spiro atoms. The van der Waals surface area contributed by atoms with Crippen LogP contribution in [-0.4, -0.2) is 56.7 Å². The van der Waals surface area contributed by atoms with Gasteiger partial charge in [-0.2, -0.15) is 18.2 Å². The van der Waals surface area contributed by atoms with Gasteiger partial charge < -0.3 is 19.9 Å². The highest BCUT2D eigenvalue weighted by atomic mass is 32.2. The summed E-state index contributed by atoms with van der Waals surface area (Å²) in [5, 5.41) is 5.13. The van der Waals surface area contributed by atoms with Gasteiger partial charge in [0.15, 0.2) is 5.82 Å². The van der Waals surface area contributed by atoms with Crippen LogP contribution in [0.15, 0.2) is 41.3 Å². The largest absolute Gasteiger partial charge is 0.768 e. The molecule has 30 heavy (non-hydrogen) atoms. The van der Waals surface area contributed by atoms with Gasteiger partial charge in [0, 0.05) is 24.1 Å². The molecule has 0 aliphatic rings. The van der Waals surface area contributed by atoms with Gasteiger partial charge in [0.25, 0.3) is 0 Å². The fourth-order valence-electron chi connectivity index (χ4n) is 2.59. The minimum absolute atomic E-state index is 0.0683. The van der Waals surface area contributed by atoms with Crippen molar-refractivity contribution in [1.82, 2.24) is 15.0 Å². The Kier molecular flexibility index (Phi) is 6.80. The predicted octanol–water partition coefficient (Wildman–Crippen LogP) is 2.96. The Bertz CT molecular complexity index is 1060. The van der Waals surface area contributed by atoms with Crippen LogP contribution in [0.2, 0.25) is 0 Å². The topological polar surface area (TPSA) is 112 Å². The molecule has 3 aromatic rings. The maximum Gasteiger partial charge on any atom is 0.405 e. The average Bonchev–Trinajstić information content (AvgIpc) is 2.71. The summed E-state index contributed by atoms with van der Waals surface area (Å²) in [5.41, 5.74) is 1.31. The van der Waals surface area contributed by atoms with E-state index in [0.29, 0.717) is 29.9 Å². The smallest absolute Gasteiger partial charge is 0.405 e. The van der Waals surface area contributed by atoms with Gasteiger partial charge >= 0.3 is 6.18 Å². The zero-order valence-corrected chi connectivity index (χ0v) is 16.5. The first-order valence-electron chi connectivity index (χ1n) is 8.69. The number of anilines is 2. The molecule has 0 amide bonds. The molecule has 1 atom stereocenters. The third-order valence-electron chi connectivity index (χ3n) is 3.91. The number of nitrogens with one attached hydrogen (secondary N) is 2. The van der Waals surface area contributed by atoms with Crippen LogP contribution in [-0.2, 0) is 15.8 Å². The minimum atomic E-state index is -4.45. The van der Waals surface area contributed by atoms with Crippen molar-refractivity contribution in [1.29, 1.82) is 0 Å². The number of rotatable bonds is 8. The van der Waals surface area contributed by atoms with Gasteiger partial charge in [-0.1, -0.05) is 12.1 Å². The number of hydrogen-bond acceptors (Lipinski definition) is 8. The quantitative estimate of drug-likeness (QED) is 0.406. The molecule has 2 aromatic heterocycles. The lowest BCUT2D eigenvalue weighted by Gasteiger charge is -2.14. The Morgan fingerprint density at radius 1 is 1.13 bits per heavy atom. The molecule has 1 aromatic carbocycles. The second kappa shape index (κ2) is 9.32. The van der Waals surface area contributed by atoms with E-state index in [1.165, 1.54) is 19.2 Å². The van der Waals surface area contributed by atoms with E-state index in [-0.39, 0.29) is 22.2 Å². The minimum Gasteiger partial charge on any atom is -0.768 e. The molecule has 0 saturated carbocycles. The summed E-state index contributed by atoms with van der Waals surface area (Å²) in [7, 11) is 1.52. The normalized spacial score (nSPS) is 12.7. The first-order valence-corrected chi connectivity index (χ1v) is 9.76. The van der Waals surface area contributed by atoms with Crippen molar-refractivity contribution in [2.45, 2.75) is 11.1 Å². The third kappa shape index (κ3) is 5.62. The van der Waals surface area contributed by atoms with Crippen LogP contribution in [0.5, 0.6) is 0 Å². The van der Waals surface area contributed by atoms with Gasteiger partial charge in [0.1, 0.15) is 12.1 Å². The van der Waals surface area contributed by atoms with E-state index in [1.807, 2.05) is 0 Å². The van der Waals surface area contributed by atoms with Crippen LogP contribution >= 0.6 is 0 Å². The summed E-state index contributed by atoms with van der Waals surface area (Å²) in [5.74, 6) is 0.0326. The number of hydrogen-bond donors (Lipinski definition) is 2. The zero-order valence-electron chi connectivity index (χ0n) is 15.7. The van der Waals surface area contributed by atoms with Crippen molar-refractivity contribution in [2.24, 2.45) is 0 Å².